The first-order valence-corrected chi connectivity index (χ1v) is 13.7. The zero-order valence-corrected chi connectivity index (χ0v) is 22.9. The van der Waals surface area contributed by atoms with Gasteiger partial charge in [-0.2, -0.15) is 0 Å². The largest absolute Gasteiger partial charge is 0.489 e. The van der Waals surface area contributed by atoms with Crippen LogP contribution in [0.2, 0.25) is 0 Å². The number of hydrogen-bond acceptors (Lipinski definition) is 8. The van der Waals surface area contributed by atoms with E-state index >= 15 is 0 Å². The van der Waals surface area contributed by atoms with Crippen molar-refractivity contribution in [1.82, 2.24) is 4.90 Å². The lowest BCUT2D eigenvalue weighted by Gasteiger charge is -2.34. The molecule has 2 aliphatic rings. The molecular weight excluding hydrogens is 494 g/mol. The van der Waals surface area contributed by atoms with E-state index in [2.05, 4.69) is 10.2 Å². The van der Waals surface area contributed by atoms with E-state index in [1.165, 1.54) is 18.4 Å². The molecule has 3 heterocycles. The minimum Gasteiger partial charge on any atom is -0.489 e. The Bertz CT molecular complexity index is 1070. The summed E-state index contributed by atoms with van der Waals surface area (Å²) in [7, 11) is 1.45. The van der Waals surface area contributed by atoms with Crippen molar-refractivity contribution in [3.8, 4) is 5.75 Å². The highest BCUT2D eigenvalue weighted by atomic mass is 32.1. The predicted molar refractivity (Wildman–Crippen MR) is 143 cm³/mol. The zero-order valence-electron chi connectivity index (χ0n) is 22.1. The fourth-order valence-corrected chi connectivity index (χ4v) is 5.26. The van der Waals surface area contributed by atoms with E-state index < -0.39 is 5.60 Å². The number of carbonyl (C=O) groups excluding carboxylic acids is 2. The number of thiophene rings is 1. The van der Waals surface area contributed by atoms with Crippen LogP contribution in [0.15, 0.2) is 29.0 Å². The molecule has 0 spiro atoms. The lowest BCUT2D eigenvalue weighted by molar-refractivity contribution is -0.282. The summed E-state index contributed by atoms with van der Waals surface area (Å²) >= 11 is 1.48. The van der Waals surface area contributed by atoms with E-state index in [1.807, 2.05) is 49.7 Å². The summed E-state index contributed by atoms with van der Waals surface area (Å²) in [4.78, 5) is 39.6. The fourth-order valence-electron chi connectivity index (χ4n) is 4.49. The quantitative estimate of drug-likeness (QED) is 0.358. The molecule has 37 heavy (non-hydrogen) atoms. The van der Waals surface area contributed by atoms with Crippen LogP contribution in [0.25, 0.3) is 0 Å². The number of likely N-dealkylation sites (tertiary alicyclic amines) is 1. The number of carbonyl (C=O) groups is 2. The van der Waals surface area contributed by atoms with Gasteiger partial charge in [0.25, 0.3) is 5.91 Å². The number of piperidine rings is 1. The molecule has 0 unspecified atom stereocenters. The van der Waals surface area contributed by atoms with Crippen molar-refractivity contribution in [1.29, 1.82) is 0 Å². The van der Waals surface area contributed by atoms with Gasteiger partial charge in [0, 0.05) is 61.7 Å². The Kier molecular flexibility index (Phi) is 8.94. The average Bonchev–Trinajstić information content (AvgIpc) is 3.54. The van der Waals surface area contributed by atoms with Gasteiger partial charge < -0.3 is 24.6 Å². The Labute approximate surface area is 222 Å². The number of amides is 2. The second kappa shape index (κ2) is 12.1. The number of hydrogen-bond donors (Lipinski definition) is 1. The number of rotatable bonds is 8. The van der Waals surface area contributed by atoms with Gasteiger partial charge in [0.05, 0.1) is 18.4 Å². The molecule has 0 radical (unpaired) electrons. The summed E-state index contributed by atoms with van der Waals surface area (Å²) in [5.41, 5.74) is 2.53. The molecule has 1 N–H and O–H groups in total. The number of benzene rings is 1. The maximum absolute atomic E-state index is 13.4. The molecule has 0 bridgehead atoms. The van der Waals surface area contributed by atoms with Gasteiger partial charge in [0.2, 0.25) is 0 Å². The normalized spacial score (nSPS) is 16.6. The maximum Gasteiger partial charge on any atom is 0.410 e. The first-order chi connectivity index (χ1) is 17.7. The maximum atomic E-state index is 13.4. The van der Waals surface area contributed by atoms with Gasteiger partial charge in [0.1, 0.15) is 24.1 Å². The van der Waals surface area contributed by atoms with Crippen LogP contribution in [0.5, 0.6) is 5.75 Å². The van der Waals surface area contributed by atoms with Crippen LogP contribution >= 0.6 is 11.3 Å². The molecule has 2 aromatic rings. The highest BCUT2D eigenvalue weighted by Crippen LogP contribution is 2.32. The molecule has 2 amide bonds. The van der Waals surface area contributed by atoms with Crippen LogP contribution in [0.1, 0.15) is 62.4 Å². The predicted octanol–water partition coefficient (Wildman–Crippen LogP) is 5.46. The number of anilines is 2. The van der Waals surface area contributed by atoms with Crippen molar-refractivity contribution in [2.75, 3.05) is 43.5 Å². The first-order valence-electron chi connectivity index (χ1n) is 12.8. The van der Waals surface area contributed by atoms with Gasteiger partial charge in [-0.15, -0.1) is 11.3 Å². The Morgan fingerprint density at radius 2 is 1.81 bits per heavy atom. The second-order valence-electron chi connectivity index (χ2n) is 10.4. The minimum atomic E-state index is -0.527. The Morgan fingerprint density at radius 3 is 2.49 bits per heavy atom. The third-order valence-electron chi connectivity index (χ3n) is 6.39. The Balaban J connectivity index is 1.47. The van der Waals surface area contributed by atoms with E-state index in [-0.39, 0.29) is 24.7 Å². The summed E-state index contributed by atoms with van der Waals surface area (Å²) in [5, 5.41) is 6.79. The van der Waals surface area contributed by atoms with E-state index in [0.717, 1.165) is 37.2 Å². The second-order valence-corrected chi connectivity index (χ2v) is 11.1. The molecule has 2 saturated heterocycles. The molecule has 10 heteroatoms. The topological polar surface area (TPSA) is 89.6 Å². The molecule has 1 aromatic carbocycles. The molecule has 2 aliphatic heterocycles. The van der Waals surface area contributed by atoms with Crippen molar-refractivity contribution in [2.24, 2.45) is 0 Å². The van der Waals surface area contributed by atoms with Crippen molar-refractivity contribution in [3.63, 3.8) is 0 Å². The Hall–Kier alpha value is -2.82. The Morgan fingerprint density at radius 1 is 1.08 bits per heavy atom. The smallest absolute Gasteiger partial charge is 0.410 e. The summed E-state index contributed by atoms with van der Waals surface area (Å²) < 4.78 is 12.0. The first kappa shape index (κ1) is 27.2. The van der Waals surface area contributed by atoms with Gasteiger partial charge in [-0.3, -0.25) is 4.79 Å². The van der Waals surface area contributed by atoms with Gasteiger partial charge in [-0.25, -0.2) is 14.6 Å². The number of nitrogens with zero attached hydrogens (tertiary/aromatic N) is 2. The average molecular weight is 532 g/mol. The van der Waals surface area contributed by atoms with Crippen LogP contribution in [-0.4, -0.2) is 61.9 Å². The molecule has 4 rings (SSSR count). The van der Waals surface area contributed by atoms with Crippen molar-refractivity contribution in [2.45, 2.75) is 64.8 Å². The van der Waals surface area contributed by atoms with Crippen molar-refractivity contribution >= 4 is 34.7 Å². The van der Waals surface area contributed by atoms with Gasteiger partial charge in [0.15, 0.2) is 0 Å². The van der Waals surface area contributed by atoms with E-state index in [0.29, 0.717) is 42.9 Å². The molecule has 9 nitrogen and oxygen atoms in total. The minimum absolute atomic E-state index is 0.106. The summed E-state index contributed by atoms with van der Waals surface area (Å²) in [6.07, 6.45) is 3.24. The van der Waals surface area contributed by atoms with Crippen LogP contribution in [-0.2, 0) is 21.1 Å². The monoisotopic (exact) mass is 531 g/mol. The van der Waals surface area contributed by atoms with E-state index in [9.17, 15) is 9.59 Å². The zero-order chi connectivity index (χ0) is 26.4. The highest BCUT2D eigenvalue weighted by molar-refractivity contribution is 7.08. The van der Waals surface area contributed by atoms with E-state index in [1.54, 1.807) is 4.90 Å². The van der Waals surface area contributed by atoms with Crippen molar-refractivity contribution < 1.29 is 28.8 Å². The van der Waals surface area contributed by atoms with Gasteiger partial charge in [-0.05, 0) is 51.1 Å². The van der Waals surface area contributed by atoms with Crippen LogP contribution in [0.3, 0.4) is 0 Å². The summed E-state index contributed by atoms with van der Waals surface area (Å²) in [6, 6.07) is 5.80. The van der Waals surface area contributed by atoms with Crippen LogP contribution in [0, 0.1) is 0 Å². The molecule has 0 aliphatic carbocycles. The number of ether oxygens (including phenoxy) is 2. The SMILES string of the molecule is COOCc1cscc1NC(=O)c1ccc(N2CCCC2)cc1OC1CCN(C(=O)OC(C)(C)C)CC1. The third kappa shape index (κ3) is 7.37. The molecular formula is C27H37N3O6S. The lowest BCUT2D eigenvalue weighted by atomic mass is 10.1. The standard InChI is InChI=1S/C27H37N3O6S/c1-27(2,3)36-26(32)30-13-9-21(10-14-30)35-24-15-20(29-11-5-6-12-29)7-8-22(24)25(31)28-23-18-37-17-19(23)16-34-33-4/h7-8,15,17-18,21H,5-6,9-14,16H2,1-4H3,(H,28,31). The highest BCUT2D eigenvalue weighted by Gasteiger charge is 2.29. The molecule has 0 atom stereocenters. The lowest BCUT2D eigenvalue weighted by Crippen LogP contribution is -2.44. The molecule has 1 aromatic heterocycles. The molecule has 2 fully saturated rings. The van der Waals surface area contributed by atoms with Gasteiger partial charge in [-0.1, -0.05) is 0 Å². The number of nitrogens with one attached hydrogen (secondary N) is 1. The third-order valence-corrected chi connectivity index (χ3v) is 7.18. The summed E-state index contributed by atoms with van der Waals surface area (Å²) in [6.45, 7) is 8.92. The van der Waals surface area contributed by atoms with Crippen LogP contribution in [0.4, 0.5) is 16.2 Å². The molecule has 202 valence electrons. The molecule has 0 saturated carbocycles. The van der Waals surface area contributed by atoms with Crippen LogP contribution < -0.4 is 15.0 Å². The summed E-state index contributed by atoms with van der Waals surface area (Å²) in [5.74, 6) is 0.314. The van der Waals surface area contributed by atoms with Gasteiger partial charge >= 0.3 is 6.09 Å². The van der Waals surface area contributed by atoms with E-state index in [4.69, 9.17) is 19.2 Å². The van der Waals surface area contributed by atoms with Crippen molar-refractivity contribution in [3.05, 3.63) is 40.1 Å². The fraction of sp³-hybridized carbons (Fsp3) is 0.556.